The molecule has 184 valence electrons. The van der Waals surface area contributed by atoms with Gasteiger partial charge in [0, 0.05) is 25.6 Å². The monoisotopic (exact) mass is 478 g/mol. The molecule has 8 nitrogen and oxygen atoms in total. The molecule has 2 aromatic rings. The van der Waals surface area contributed by atoms with E-state index in [0.29, 0.717) is 13.0 Å². The number of nitrogens with zero attached hydrogens (tertiary/aromatic N) is 1. The summed E-state index contributed by atoms with van der Waals surface area (Å²) >= 11 is 0. The fraction of sp³-hybridized carbons (Fsp3) is 0.444. The van der Waals surface area contributed by atoms with Gasteiger partial charge in [0.2, 0.25) is 5.91 Å². The van der Waals surface area contributed by atoms with Crippen LogP contribution in [0.3, 0.4) is 0 Å². The van der Waals surface area contributed by atoms with Crippen LogP contribution < -0.4 is 5.32 Å². The minimum absolute atomic E-state index is 0.0277. The Morgan fingerprint density at radius 3 is 2.37 bits per heavy atom. The Hall–Kier alpha value is -3.39. The van der Waals surface area contributed by atoms with Gasteiger partial charge < -0.3 is 25.2 Å². The van der Waals surface area contributed by atoms with Gasteiger partial charge in [0.15, 0.2) is 0 Å². The molecular weight excluding hydrogens is 448 g/mol. The van der Waals surface area contributed by atoms with Crippen LogP contribution in [0.4, 0.5) is 4.79 Å². The van der Waals surface area contributed by atoms with Crippen molar-refractivity contribution >= 4 is 18.0 Å². The van der Waals surface area contributed by atoms with Gasteiger partial charge in [-0.25, -0.2) is 4.79 Å². The molecule has 3 unspecified atom stereocenters. The Labute approximate surface area is 203 Å². The zero-order valence-electron chi connectivity index (χ0n) is 19.5. The first kappa shape index (κ1) is 23.4. The van der Waals surface area contributed by atoms with Crippen molar-refractivity contribution in [2.75, 3.05) is 26.2 Å². The summed E-state index contributed by atoms with van der Waals surface area (Å²) in [7, 11) is 0. The normalized spacial score (nSPS) is 23.3. The molecule has 0 aromatic heterocycles. The van der Waals surface area contributed by atoms with Gasteiger partial charge in [-0.1, -0.05) is 55.0 Å². The molecule has 1 saturated heterocycles. The first-order valence-electron chi connectivity index (χ1n) is 12.2. The minimum atomic E-state index is -1.08. The lowest BCUT2D eigenvalue weighted by Gasteiger charge is -2.23. The Morgan fingerprint density at radius 2 is 1.74 bits per heavy atom. The van der Waals surface area contributed by atoms with Gasteiger partial charge in [0.25, 0.3) is 0 Å². The molecule has 0 spiro atoms. The number of carboxylic acid groups (broad SMARTS) is 1. The lowest BCUT2D eigenvalue weighted by atomic mass is 9.81. The van der Waals surface area contributed by atoms with Gasteiger partial charge >= 0.3 is 12.1 Å². The number of carbonyl (C=O) groups is 3. The number of likely N-dealkylation sites (tertiary alicyclic amines) is 1. The average Bonchev–Trinajstić information content (AvgIpc) is 3.51. The summed E-state index contributed by atoms with van der Waals surface area (Å²) in [5.74, 6) is -1.22. The molecule has 3 atom stereocenters. The molecule has 1 aliphatic heterocycles. The summed E-state index contributed by atoms with van der Waals surface area (Å²) in [4.78, 5) is 38.3. The quantitative estimate of drug-likeness (QED) is 0.563. The highest BCUT2D eigenvalue weighted by atomic mass is 16.5. The third kappa shape index (κ3) is 4.27. The van der Waals surface area contributed by atoms with E-state index >= 15 is 0 Å². The second kappa shape index (κ2) is 9.34. The zero-order valence-corrected chi connectivity index (χ0v) is 19.5. The van der Waals surface area contributed by atoms with Crippen LogP contribution in [-0.2, 0) is 14.3 Å². The number of rotatable bonds is 7. The predicted octanol–water partition coefficient (Wildman–Crippen LogP) is 2.99. The zero-order chi connectivity index (χ0) is 24.6. The summed E-state index contributed by atoms with van der Waals surface area (Å²) in [6, 6.07) is 16.1. The molecular formula is C27H30N2O6. The van der Waals surface area contributed by atoms with E-state index in [-0.39, 0.29) is 43.9 Å². The largest absolute Gasteiger partial charge is 0.481 e. The van der Waals surface area contributed by atoms with E-state index in [1.807, 2.05) is 36.4 Å². The van der Waals surface area contributed by atoms with E-state index in [9.17, 15) is 24.6 Å². The van der Waals surface area contributed by atoms with Crippen LogP contribution in [0.1, 0.15) is 42.7 Å². The summed E-state index contributed by atoms with van der Waals surface area (Å²) < 4.78 is 5.46. The second-order valence-electron chi connectivity index (χ2n) is 9.89. The van der Waals surface area contributed by atoms with Crippen molar-refractivity contribution in [1.82, 2.24) is 10.2 Å². The van der Waals surface area contributed by atoms with Gasteiger partial charge in [-0.2, -0.15) is 0 Å². The van der Waals surface area contributed by atoms with E-state index in [4.69, 9.17) is 4.74 Å². The van der Waals surface area contributed by atoms with Crippen LogP contribution >= 0.6 is 0 Å². The van der Waals surface area contributed by atoms with E-state index in [1.165, 1.54) is 0 Å². The van der Waals surface area contributed by atoms with Gasteiger partial charge in [-0.15, -0.1) is 0 Å². The number of ether oxygens (including phenoxy) is 1. The SMILES string of the molecule is O=C(NCC(O)CC(=O)N1CC2CCCC2(C(=O)O)C1)OCC1c2ccccc2-c2ccccc21. The lowest BCUT2D eigenvalue weighted by Crippen LogP contribution is -2.40. The van der Waals surface area contributed by atoms with Crippen molar-refractivity contribution in [3.8, 4) is 11.1 Å². The number of aliphatic carboxylic acids is 1. The van der Waals surface area contributed by atoms with E-state index in [0.717, 1.165) is 35.1 Å². The number of alkyl carbamates (subject to hydrolysis) is 1. The van der Waals surface area contributed by atoms with Crippen LogP contribution in [0.2, 0.25) is 0 Å². The molecule has 2 aromatic carbocycles. The molecule has 5 rings (SSSR count). The van der Waals surface area contributed by atoms with Gasteiger partial charge in [-0.3, -0.25) is 9.59 Å². The fourth-order valence-electron chi connectivity index (χ4n) is 6.08. The summed E-state index contributed by atoms with van der Waals surface area (Å²) in [5.41, 5.74) is 3.66. The standard InChI is InChI=1S/C27H30N2O6/c30-18(12-24(31)29-14-17-6-5-11-27(17,16-29)25(32)33)13-28-26(34)35-15-23-21-9-3-1-7-19(21)20-8-2-4-10-22(20)23/h1-4,7-10,17-18,23,30H,5-6,11-16H2,(H,28,34)(H,32,33). The minimum Gasteiger partial charge on any atom is -0.481 e. The Morgan fingerprint density at radius 1 is 1.09 bits per heavy atom. The lowest BCUT2D eigenvalue weighted by molar-refractivity contribution is -0.149. The predicted molar refractivity (Wildman–Crippen MR) is 128 cm³/mol. The highest BCUT2D eigenvalue weighted by Gasteiger charge is 2.55. The average molecular weight is 479 g/mol. The van der Waals surface area contributed by atoms with Crippen molar-refractivity contribution in [2.24, 2.45) is 11.3 Å². The molecule has 0 bridgehead atoms. The number of benzene rings is 2. The molecule has 8 heteroatoms. The van der Waals surface area contributed by atoms with Crippen molar-refractivity contribution < 1.29 is 29.3 Å². The molecule has 2 amide bonds. The van der Waals surface area contributed by atoms with Crippen molar-refractivity contribution in [3.63, 3.8) is 0 Å². The maximum Gasteiger partial charge on any atom is 0.407 e. The van der Waals surface area contributed by atoms with Crippen molar-refractivity contribution in [2.45, 2.75) is 37.7 Å². The highest BCUT2D eigenvalue weighted by molar-refractivity contribution is 5.82. The second-order valence-corrected chi connectivity index (χ2v) is 9.89. The van der Waals surface area contributed by atoms with Gasteiger partial charge in [0.1, 0.15) is 6.61 Å². The number of carboxylic acids is 1. The number of fused-ring (bicyclic) bond motifs is 4. The van der Waals surface area contributed by atoms with Crippen molar-refractivity contribution in [3.05, 3.63) is 59.7 Å². The van der Waals surface area contributed by atoms with E-state index in [1.54, 1.807) is 4.90 Å². The number of hydrogen-bond donors (Lipinski definition) is 3. The molecule has 2 aliphatic carbocycles. The topological polar surface area (TPSA) is 116 Å². The van der Waals surface area contributed by atoms with E-state index in [2.05, 4.69) is 17.4 Å². The molecule has 3 aliphatic rings. The van der Waals surface area contributed by atoms with E-state index < -0.39 is 23.6 Å². The number of nitrogens with one attached hydrogen (secondary N) is 1. The number of carbonyl (C=O) groups excluding carboxylic acids is 2. The van der Waals surface area contributed by atoms with Gasteiger partial charge in [0.05, 0.1) is 17.9 Å². The summed E-state index contributed by atoms with van der Waals surface area (Å²) in [5, 5.41) is 22.5. The third-order valence-electron chi connectivity index (χ3n) is 7.89. The van der Waals surface area contributed by atoms with Crippen LogP contribution in [0.15, 0.2) is 48.5 Å². The smallest absolute Gasteiger partial charge is 0.407 e. The molecule has 2 fully saturated rings. The first-order chi connectivity index (χ1) is 16.9. The Balaban J connectivity index is 1.10. The number of amides is 2. The highest BCUT2D eigenvalue weighted by Crippen LogP contribution is 2.49. The van der Waals surface area contributed by atoms with Crippen LogP contribution in [0, 0.1) is 11.3 Å². The maximum absolute atomic E-state index is 12.7. The van der Waals surface area contributed by atoms with Crippen LogP contribution in [-0.4, -0.2) is 65.4 Å². The molecule has 0 radical (unpaired) electrons. The molecule has 35 heavy (non-hydrogen) atoms. The molecule has 1 saturated carbocycles. The van der Waals surface area contributed by atoms with Gasteiger partial charge in [-0.05, 0) is 41.0 Å². The number of aliphatic hydroxyl groups is 1. The first-order valence-corrected chi connectivity index (χ1v) is 12.2. The number of aliphatic hydroxyl groups excluding tert-OH is 1. The van der Waals surface area contributed by atoms with Crippen molar-refractivity contribution in [1.29, 1.82) is 0 Å². The maximum atomic E-state index is 12.7. The third-order valence-corrected chi connectivity index (χ3v) is 7.89. The Bertz CT molecular complexity index is 1100. The Kier molecular flexibility index (Phi) is 6.23. The summed E-state index contributed by atoms with van der Waals surface area (Å²) in [6.07, 6.45) is 0.352. The number of hydrogen-bond acceptors (Lipinski definition) is 5. The molecule has 3 N–H and O–H groups in total. The molecule has 1 heterocycles. The summed E-state index contributed by atoms with van der Waals surface area (Å²) in [6.45, 7) is 0.654. The fourth-order valence-corrected chi connectivity index (χ4v) is 6.08. The van der Waals surface area contributed by atoms with Crippen LogP contribution in [0.25, 0.3) is 11.1 Å². The van der Waals surface area contributed by atoms with Crippen LogP contribution in [0.5, 0.6) is 0 Å².